The van der Waals surface area contributed by atoms with Gasteiger partial charge in [-0.2, -0.15) is 0 Å². The molecule has 0 radical (unpaired) electrons. The lowest BCUT2D eigenvalue weighted by molar-refractivity contribution is 0.0714. The minimum Gasteiger partial charge on any atom is -0.449 e. The van der Waals surface area contributed by atoms with Gasteiger partial charge in [0, 0.05) is 6.61 Å². The zero-order chi connectivity index (χ0) is 15.8. The number of hydrogen-bond acceptors (Lipinski definition) is 3. The number of carbonyl (C=O) groups is 1. The highest BCUT2D eigenvalue weighted by Gasteiger charge is 2.29. The molecule has 1 unspecified atom stereocenters. The molecule has 0 aliphatic carbocycles. The Morgan fingerprint density at radius 2 is 1.86 bits per heavy atom. The molecule has 1 atom stereocenters. The molecule has 2 rings (SSSR count). The third-order valence-electron chi connectivity index (χ3n) is 3.60. The summed E-state index contributed by atoms with van der Waals surface area (Å²) in [7, 11) is 0. The van der Waals surface area contributed by atoms with E-state index in [0.717, 1.165) is 36.9 Å². The first kappa shape index (κ1) is 16.6. The Kier molecular flexibility index (Phi) is 6.46. The Labute approximate surface area is 132 Å². The number of hydrogen-bond donors (Lipinski definition) is 0. The fourth-order valence-corrected chi connectivity index (χ4v) is 2.31. The molecule has 1 aromatic rings. The van der Waals surface area contributed by atoms with E-state index in [1.54, 1.807) is 4.90 Å². The lowest BCUT2D eigenvalue weighted by atomic mass is 10.1. The molecule has 0 aromatic heterocycles. The van der Waals surface area contributed by atoms with E-state index in [0.29, 0.717) is 13.2 Å². The minimum atomic E-state index is -0.393. The van der Waals surface area contributed by atoms with Gasteiger partial charge >= 0.3 is 6.09 Å². The van der Waals surface area contributed by atoms with Crippen molar-refractivity contribution in [1.29, 1.82) is 0 Å². The molecular weight excluding hydrogens is 278 g/mol. The zero-order valence-corrected chi connectivity index (χ0v) is 13.5. The average molecular weight is 303 g/mol. The second kappa shape index (κ2) is 8.59. The largest absolute Gasteiger partial charge is 0.449 e. The van der Waals surface area contributed by atoms with Gasteiger partial charge in [-0.25, -0.2) is 9.69 Å². The van der Waals surface area contributed by atoms with Crippen LogP contribution < -0.4 is 4.90 Å². The van der Waals surface area contributed by atoms with E-state index in [1.807, 2.05) is 36.4 Å². The van der Waals surface area contributed by atoms with Crippen LogP contribution in [0.4, 0.5) is 10.5 Å². The fraction of sp³-hybridized carbons (Fsp3) is 0.500. The van der Waals surface area contributed by atoms with Gasteiger partial charge in [-0.3, -0.25) is 0 Å². The lowest BCUT2D eigenvalue weighted by Gasteiger charge is -2.32. The molecular formula is C18H25NO3. The molecule has 0 N–H and O–H groups in total. The average Bonchev–Trinajstić information content (AvgIpc) is 2.55. The van der Waals surface area contributed by atoms with Gasteiger partial charge < -0.3 is 9.47 Å². The van der Waals surface area contributed by atoms with Crippen LogP contribution in [0.1, 0.15) is 45.1 Å². The van der Waals surface area contributed by atoms with Crippen LogP contribution in [-0.2, 0) is 9.47 Å². The maximum Gasteiger partial charge on any atom is 0.416 e. The molecule has 0 saturated carbocycles. The molecule has 1 aliphatic rings. The minimum absolute atomic E-state index is 0.341. The van der Waals surface area contributed by atoms with Crippen molar-refractivity contribution in [3.8, 4) is 0 Å². The fourth-order valence-electron chi connectivity index (χ4n) is 2.31. The number of para-hydroxylation sites is 1. The SMILES string of the molecule is CCCCOC(=O)N1c2ccccc2C=CC1OCCCC. The van der Waals surface area contributed by atoms with E-state index >= 15 is 0 Å². The third-order valence-corrected chi connectivity index (χ3v) is 3.60. The first-order chi connectivity index (χ1) is 10.8. The summed E-state index contributed by atoms with van der Waals surface area (Å²) in [5.74, 6) is 0. The topological polar surface area (TPSA) is 38.8 Å². The summed E-state index contributed by atoms with van der Waals surface area (Å²) in [5.41, 5.74) is 1.85. The van der Waals surface area contributed by atoms with Crippen molar-refractivity contribution in [3.63, 3.8) is 0 Å². The Bertz CT molecular complexity index is 513. The van der Waals surface area contributed by atoms with E-state index in [-0.39, 0.29) is 6.09 Å². The molecule has 1 amide bonds. The first-order valence-electron chi connectivity index (χ1n) is 8.12. The number of fused-ring (bicyclic) bond motifs is 1. The molecule has 4 nitrogen and oxygen atoms in total. The normalized spacial score (nSPS) is 16.5. The molecule has 1 aromatic carbocycles. The number of nitrogens with zero attached hydrogens (tertiary/aromatic N) is 1. The smallest absolute Gasteiger partial charge is 0.416 e. The molecule has 0 bridgehead atoms. The van der Waals surface area contributed by atoms with Gasteiger partial charge in [0.2, 0.25) is 0 Å². The van der Waals surface area contributed by atoms with E-state index in [2.05, 4.69) is 13.8 Å². The van der Waals surface area contributed by atoms with Crippen molar-refractivity contribution in [2.45, 2.75) is 45.8 Å². The molecule has 4 heteroatoms. The maximum atomic E-state index is 12.5. The number of ether oxygens (including phenoxy) is 2. The van der Waals surface area contributed by atoms with E-state index in [4.69, 9.17) is 9.47 Å². The molecule has 0 spiro atoms. The Hall–Kier alpha value is -1.81. The van der Waals surface area contributed by atoms with E-state index < -0.39 is 6.23 Å². The van der Waals surface area contributed by atoms with Crippen LogP contribution in [0, 0.1) is 0 Å². The molecule has 0 fully saturated rings. The Balaban J connectivity index is 2.14. The van der Waals surface area contributed by atoms with Crippen molar-refractivity contribution in [1.82, 2.24) is 0 Å². The summed E-state index contributed by atoms with van der Waals surface area (Å²) >= 11 is 0. The highest BCUT2D eigenvalue weighted by Crippen LogP contribution is 2.30. The molecule has 1 heterocycles. The summed E-state index contributed by atoms with van der Waals surface area (Å²) in [6, 6.07) is 7.80. The standard InChI is InChI=1S/C18H25NO3/c1-3-5-13-21-17-12-11-15-9-7-8-10-16(15)19(17)18(20)22-14-6-4-2/h7-12,17H,3-6,13-14H2,1-2H3. The summed E-state index contributed by atoms with van der Waals surface area (Å²) in [6.45, 7) is 5.27. The number of rotatable bonds is 7. The van der Waals surface area contributed by atoms with Gasteiger partial charge in [-0.05, 0) is 30.5 Å². The third kappa shape index (κ3) is 4.10. The second-order valence-corrected chi connectivity index (χ2v) is 5.37. The maximum absolute atomic E-state index is 12.5. The highest BCUT2D eigenvalue weighted by molar-refractivity contribution is 5.93. The van der Waals surface area contributed by atoms with Crippen molar-refractivity contribution < 1.29 is 14.3 Å². The summed E-state index contributed by atoms with van der Waals surface area (Å²) < 4.78 is 11.2. The number of benzene rings is 1. The number of carbonyl (C=O) groups excluding carboxylic acids is 1. The van der Waals surface area contributed by atoms with Gasteiger partial charge in [0.1, 0.15) is 0 Å². The van der Waals surface area contributed by atoms with Crippen LogP contribution in [-0.4, -0.2) is 25.5 Å². The van der Waals surface area contributed by atoms with E-state index in [9.17, 15) is 4.79 Å². The molecule has 120 valence electrons. The van der Waals surface area contributed by atoms with Gasteiger partial charge in [-0.1, -0.05) is 51.0 Å². The summed E-state index contributed by atoms with van der Waals surface area (Å²) in [5, 5.41) is 0. The predicted octanol–water partition coefficient (Wildman–Crippen LogP) is 4.60. The number of unbranched alkanes of at least 4 members (excludes halogenated alkanes) is 2. The molecule has 1 aliphatic heterocycles. The molecule has 0 saturated heterocycles. The van der Waals surface area contributed by atoms with Gasteiger partial charge in [0.25, 0.3) is 0 Å². The quantitative estimate of drug-likeness (QED) is 0.691. The predicted molar refractivity (Wildman–Crippen MR) is 88.9 cm³/mol. The lowest BCUT2D eigenvalue weighted by Crippen LogP contribution is -2.43. The van der Waals surface area contributed by atoms with Crippen molar-refractivity contribution in [2.24, 2.45) is 0 Å². The second-order valence-electron chi connectivity index (χ2n) is 5.37. The van der Waals surface area contributed by atoms with Crippen molar-refractivity contribution in [2.75, 3.05) is 18.1 Å². The molecule has 22 heavy (non-hydrogen) atoms. The highest BCUT2D eigenvalue weighted by atomic mass is 16.6. The van der Waals surface area contributed by atoms with Crippen molar-refractivity contribution >= 4 is 17.9 Å². The van der Waals surface area contributed by atoms with Crippen LogP contribution in [0.2, 0.25) is 0 Å². The van der Waals surface area contributed by atoms with Crippen LogP contribution in [0.25, 0.3) is 6.08 Å². The number of amides is 1. The van der Waals surface area contributed by atoms with Crippen LogP contribution in [0.3, 0.4) is 0 Å². The Morgan fingerprint density at radius 1 is 1.14 bits per heavy atom. The van der Waals surface area contributed by atoms with Crippen LogP contribution in [0.15, 0.2) is 30.3 Å². The van der Waals surface area contributed by atoms with Gasteiger partial charge in [0.05, 0.1) is 12.3 Å². The van der Waals surface area contributed by atoms with Crippen molar-refractivity contribution in [3.05, 3.63) is 35.9 Å². The Morgan fingerprint density at radius 3 is 2.64 bits per heavy atom. The monoisotopic (exact) mass is 303 g/mol. The summed E-state index contributed by atoms with van der Waals surface area (Å²) in [4.78, 5) is 14.1. The zero-order valence-electron chi connectivity index (χ0n) is 13.5. The number of anilines is 1. The van der Waals surface area contributed by atoms with Gasteiger partial charge in [0.15, 0.2) is 6.23 Å². The summed E-state index contributed by atoms with van der Waals surface area (Å²) in [6.07, 6.45) is 7.10. The van der Waals surface area contributed by atoms with E-state index in [1.165, 1.54) is 0 Å². The van der Waals surface area contributed by atoms with Gasteiger partial charge in [-0.15, -0.1) is 0 Å². The van der Waals surface area contributed by atoms with Crippen LogP contribution in [0.5, 0.6) is 0 Å². The first-order valence-corrected chi connectivity index (χ1v) is 8.12. The van der Waals surface area contributed by atoms with Crippen LogP contribution >= 0.6 is 0 Å².